The molecular weight excluding hydrogens is 308 g/mol. The molecule has 0 aliphatic rings. The third kappa shape index (κ3) is 4.36. The third-order valence-electron chi connectivity index (χ3n) is 3.66. The van der Waals surface area contributed by atoms with E-state index in [1.54, 1.807) is 14.2 Å². The first-order valence-corrected chi connectivity index (χ1v) is 7.81. The average molecular weight is 330 g/mol. The van der Waals surface area contributed by atoms with Crippen molar-refractivity contribution >= 4 is 23.0 Å². The van der Waals surface area contributed by atoms with Crippen LogP contribution in [0, 0.1) is 6.92 Å². The van der Waals surface area contributed by atoms with Crippen LogP contribution in [0.25, 0.3) is 0 Å². The van der Waals surface area contributed by atoms with Crippen molar-refractivity contribution in [1.29, 1.82) is 0 Å². The van der Waals surface area contributed by atoms with E-state index in [0.717, 1.165) is 11.4 Å². The molecular formula is C18H22N2O2S. The largest absolute Gasteiger partial charge is 0.497 e. The van der Waals surface area contributed by atoms with Crippen LogP contribution in [0.5, 0.6) is 11.5 Å². The molecule has 2 rings (SSSR count). The molecule has 1 atom stereocenters. The number of hydrogen-bond donors (Lipinski definition) is 2. The summed E-state index contributed by atoms with van der Waals surface area (Å²) in [6.45, 7) is 4.18. The lowest BCUT2D eigenvalue weighted by atomic mass is 10.0. The van der Waals surface area contributed by atoms with Gasteiger partial charge in [-0.1, -0.05) is 24.3 Å². The molecule has 0 heterocycles. The first-order chi connectivity index (χ1) is 11.0. The van der Waals surface area contributed by atoms with E-state index in [4.69, 9.17) is 21.7 Å². The van der Waals surface area contributed by atoms with Crippen LogP contribution >= 0.6 is 12.2 Å². The van der Waals surface area contributed by atoms with E-state index >= 15 is 0 Å². The monoisotopic (exact) mass is 330 g/mol. The van der Waals surface area contributed by atoms with Gasteiger partial charge in [0, 0.05) is 6.07 Å². The van der Waals surface area contributed by atoms with Gasteiger partial charge in [-0.05, 0) is 49.3 Å². The Bertz CT molecular complexity index is 688. The highest BCUT2D eigenvalue weighted by Gasteiger charge is 2.11. The van der Waals surface area contributed by atoms with E-state index in [1.165, 1.54) is 11.1 Å². The SMILES string of the molecule is COc1ccc(NC(=S)N[C@@H](C)c2ccccc2C)c(OC)c1. The van der Waals surface area contributed by atoms with Gasteiger partial charge < -0.3 is 20.1 Å². The van der Waals surface area contributed by atoms with E-state index in [-0.39, 0.29) is 6.04 Å². The summed E-state index contributed by atoms with van der Waals surface area (Å²) >= 11 is 5.42. The summed E-state index contributed by atoms with van der Waals surface area (Å²) in [7, 11) is 3.24. The smallest absolute Gasteiger partial charge is 0.171 e. The summed E-state index contributed by atoms with van der Waals surface area (Å²) in [6.07, 6.45) is 0. The highest BCUT2D eigenvalue weighted by atomic mass is 32.1. The zero-order valence-electron chi connectivity index (χ0n) is 13.8. The van der Waals surface area contributed by atoms with Gasteiger partial charge in [-0.2, -0.15) is 0 Å². The number of nitrogens with one attached hydrogen (secondary N) is 2. The Morgan fingerprint density at radius 2 is 1.83 bits per heavy atom. The predicted molar refractivity (Wildman–Crippen MR) is 98.5 cm³/mol. The number of benzene rings is 2. The number of methoxy groups -OCH3 is 2. The lowest BCUT2D eigenvalue weighted by Crippen LogP contribution is -2.31. The molecule has 4 nitrogen and oxygen atoms in total. The summed E-state index contributed by atoms with van der Waals surface area (Å²) in [5, 5.41) is 7.02. The van der Waals surface area contributed by atoms with Crippen LogP contribution in [-0.2, 0) is 0 Å². The van der Waals surface area contributed by atoms with Crippen molar-refractivity contribution in [3.8, 4) is 11.5 Å². The lowest BCUT2D eigenvalue weighted by Gasteiger charge is -2.20. The molecule has 0 radical (unpaired) electrons. The van der Waals surface area contributed by atoms with Crippen LogP contribution < -0.4 is 20.1 Å². The van der Waals surface area contributed by atoms with E-state index in [2.05, 4.69) is 36.6 Å². The Morgan fingerprint density at radius 1 is 1.09 bits per heavy atom. The first kappa shape index (κ1) is 17.1. The summed E-state index contributed by atoms with van der Waals surface area (Å²) in [5.74, 6) is 1.41. The number of anilines is 1. The normalized spacial score (nSPS) is 11.5. The molecule has 0 fully saturated rings. The molecule has 122 valence electrons. The predicted octanol–water partition coefficient (Wildman–Crippen LogP) is 4.06. The summed E-state index contributed by atoms with van der Waals surface area (Å²) in [6, 6.07) is 13.9. The number of rotatable bonds is 5. The fourth-order valence-electron chi connectivity index (χ4n) is 2.41. The van der Waals surface area contributed by atoms with Crippen molar-refractivity contribution in [3.63, 3.8) is 0 Å². The van der Waals surface area contributed by atoms with Gasteiger partial charge >= 0.3 is 0 Å². The van der Waals surface area contributed by atoms with Gasteiger partial charge in [0.2, 0.25) is 0 Å². The molecule has 0 bridgehead atoms. The van der Waals surface area contributed by atoms with Crippen molar-refractivity contribution < 1.29 is 9.47 Å². The third-order valence-corrected chi connectivity index (χ3v) is 3.88. The van der Waals surface area contributed by atoms with E-state index in [1.807, 2.05) is 30.3 Å². The van der Waals surface area contributed by atoms with Crippen molar-refractivity contribution in [2.75, 3.05) is 19.5 Å². The minimum atomic E-state index is 0.112. The molecule has 5 heteroatoms. The Labute approximate surface area is 142 Å². The quantitative estimate of drug-likeness (QED) is 0.809. The van der Waals surface area contributed by atoms with Gasteiger partial charge in [-0.25, -0.2) is 0 Å². The molecule has 0 amide bonds. The van der Waals surface area contributed by atoms with Crippen LogP contribution in [0.4, 0.5) is 5.69 Å². The van der Waals surface area contributed by atoms with E-state index < -0.39 is 0 Å². The Balaban J connectivity index is 2.06. The second kappa shape index (κ2) is 7.83. The van der Waals surface area contributed by atoms with Crippen molar-refractivity contribution in [2.45, 2.75) is 19.9 Å². The molecule has 0 unspecified atom stereocenters. The standard InChI is InChI=1S/C18H22N2O2S/c1-12-7-5-6-8-15(12)13(2)19-18(23)20-16-10-9-14(21-3)11-17(16)22-4/h5-11,13H,1-4H3,(H2,19,20,23)/t13-/m0/s1. The molecule has 0 saturated carbocycles. The average Bonchev–Trinajstić information content (AvgIpc) is 2.55. The van der Waals surface area contributed by atoms with Crippen LogP contribution in [-0.4, -0.2) is 19.3 Å². The molecule has 0 saturated heterocycles. The highest BCUT2D eigenvalue weighted by molar-refractivity contribution is 7.80. The maximum absolute atomic E-state index is 5.42. The highest BCUT2D eigenvalue weighted by Crippen LogP contribution is 2.29. The summed E-state index contributed by atoms with van der Waals surface area (Å²) < 4.78 is 10.6. The second-order valence-corrected chi connectivity index (χ2v) is 5.65. The zero-order chi connectivity index (χ0) is 16.8. The molecule has 2 aromatic rings. The van der Waals surface area contributed by atoms with Gasteiger partial charge in [0.25, 0.3) is 0 Å². The second-order valence-electron chi connectivity index (χ2n) is 5.24. The maximum atomic E-state index is 5.42. The fraction of sp³-hybridized carbons (Fsp3) is 0.278. The Hall–Kier alpha value is -2.27. The molecule has 2 aromatic carbocycles. The Morgan fingerprint density at radius 3 is 2.48 bits per heavy atom. The number of thiocarbonyl (C=S) groups is 1. The van der Waals surface area contributed by atoms with Gasteiger partial charge in [-0.3, -0.25) is 0 Å². The van der Waals surface area contributed by atoms with E-state index in [0.29, 0.717) is 10.9 Å². The Kier molecular flexibility index (Phi) is 5.82. The lowest BCUT2D eigenvalue weighted by molar-refractivity contribution is 0.395. The van der Waals surface area contributed by atoms with Crippen LogP contribution in [0.1, 0.15) is 24.1 Å². The molecule has 0 aromatic heterocycles. The minimum absolute atomic E-state index is 0.112. The van der Waals surface area contributed by atoms with Crippen molar-refractivity contribution in [1.82, 2.24) is 5.32 Å². The zero-order valence-corrected chi connectivity index (χ0v) is 14.7. The number of ether oxygens (including phenoxy) is 2. The fourth-order valence-corrected chi connectivity index (χ4v) is 2.69. The van der Waals surface area contributed by atoms with Gasteiger partial charge in [-0.15, -0.1) is 0 Å². The van der Waals surface area contributed by atoms with Crippen LogP contribution in [0.15, 0.2) is 42.5 Å². The molecule has 23 heavy (non-hydrogen) atoms. The summed E-state index contributed by atoms with van der Waals surface area (Å²) in [4.78, 5) is 0. The molecule has 2 N–H and O–H groups in total. The van der Waals surface area contributed by atoms with Crippen LogP contribution in [0.2, 0.25) is 0 Å². The van der Waals surface area contributed by atoms with E-state index in [9.17, 15) is 0 Å². The molecule has 0 aliphatic heterocycles. The van der Waals surface area contributed by atoms with Gasteiger partial charge in [0.15, 0.2) is 5.11 Å². The molecule has 0 aliphatic carbocycles. The van der Waals surface area contributed by atoms with Crippen LogP contribution in [0.3, 0.4) is 0 Å². The molecule has 0 spiro atoms. The minimum Gasteiger partial charge on any atom is -0.497 e. The topological polar surface area (TPSA) is 42.5 Å². The summed E-state index contributed by atoms with van der Waals surface area (Å²) in [5.41, 5.74) is 3.25. The number of aryl methyl sites for hydroxylation is 1. The van der Waals surface area contributed by atoms with Crippen molar-refractivity contribution in [2.24, 2.45) is 0 Å². The van der Waals surface area contributed by atoms with Crippen molar-refractivity contribution in [3.05, 3.63) is 53.6 Å². The maximum Gasteiger partial charge on any atom is 0.171 e. The van der Waals surface area contributed by atoms with Gasteiger partial charge in [0.1, 0.15) is 11.5 Å². The number of hydrogen-bond acceptors (Lipinski definition) is 3. The van der Waals surface area contributed by atoms with Gasteiger partial charge in [0.05, 0.1) is 25.9 Å². The first-order valence-electron chi connectivity index (χ1n) is 7.40.